The van der Waals surface area contributed by atoms with Crippen molar-refractivity contribution in [3.05, 3.63) is 29.8 Å². The number of likely N-dealkylation sites (N-methyl/N-ethyl adjacent to an activating group) is 1. The van der Waals surface area contributed by atoms with Gasteiger partial charge in [-0.05, 0) is 44.3 Å². The number of rotatable bonds is 6. The molecule has 128 valence electrons. The van der Waals surface area contributed by atoms with Crippen molar-refractivity contribution in [2.45, 2.75) is 37.8 Å². The highest BCUT2D eigenvalue weighted by atomic mass is 32.2. The molecule has 1 aliphatic rings. The number of nitrogens with zero attached hydrogens (tertiary/aromatic N) is 2. The van der Waals surface area contributed by atoms with Crippen LogP contribution in [0.25, 0.3) is 0 Å². The molecule has 0 spiro atoms. The fourth-order valence-corrected chi connectivity index (χ4v) is 3.47. The Bertz CT molecular complexity index is 497. The minimum atomic E-state index is -0.0685. The molecule has 2 rings (SSSR count). The van der Waals surface area contributed by atoms with E-state index >= 15 is 0 Å². The molecule has 1 heterocycles. The number of carbonyl (C=O) groups is 1. The minimum absolute atomic E-state index is 0.0399. The molecule has 0 aliphatic carbocycles. The maximum Gasteiger partial charge on any atom is 0.237 e. The van der Waals surface area contributed by atoms with Gasteiger partial charge < -0.3 is 10.2 Å². The van der Waals surface area contributed by atoms with E-state index in [0.717, 1.165) is 37.5 Å². The fourth-order valence-electron chi connectivity index (χ4n) is 2.81. The number of amides is 1. The van der Waals surface area contributed by atoms with Crippen LogP contribution < -0.4 is 5.32 Å². The van der Waals surface area contributed by atoms with Gasteiger partial charge in [-0.1, -0.05) is 19.1 Å². The molecule has 1 saturated heterocycles. The van der Waals surface area contributed by atoms with Crippen LogP contribution in [0, 0.1) is 0 Å². The number of carbonyl (C=O) groups excluding carboxylic acids is 1. The van der Waals surface area contributed by atoms with Crippen molar-refractivity contribution in [2.24, 2.45) is 0 Å². The van der Waals surface area contributed by atoms with Gasteiger partial charge in [-0.25, -0.2) is 0 Å². The van der Waals surface area contributed by atoms with E-state index < -0.39 is 0 Å². The first-order valence-electron chi connectivity index (χ1n) is 8.47. The maximum absolute atomic E-state index is 12.5. The second kappa shape index (κ2) is 8.71. The third-order valence-corrected chi connectivity index (χ3v) is 5.41. The zero-order valence-electron chi connectivity index (χ0n) is 14.7. The first kappa shape index (κ1) is 18.3. The molecule has 4 nitrogen and oxygen atoms in total. The summed E-state index contributed by atoms with van der Waals surface area (Å²) in [7, 11) is 2.13. The lowest BCUT2D eigenvalue weighted by Gasteiger charge is -2.36. The number of piperazine rings is 1. The van der Waals surface area contributed by atoms with E-state index in [1.54, 1.807) is 0 Å². The molecule has 1 aliphatic heterocycles. The van der Waals surface area contributed by atoms with Gasteiger partial charge in [0.25, 0.3) is 0 Å². The van der Waals surface area contributed by atoms with Crippen molar-refractivity contribution in [3.63, 3.8) is 0 Å². The molecule has 1 amide bonds. The molecule has 0 bridgehead atoms. The van der Waals surface area contributed by atoms with Crippen LogP contribution >= 0.6 is 11.8 Å². The van der Waals surface area contributed by atoms with Gasteiger partial charge in [0.1, 0.15) is 0 Å². The van der Waals surface area contributed by atoms with E-state index in [1.165, 1.54) is 4.90 Å². The molecule has 1 aromatic rings. The van der Waals surface area contributed by atoms with Crippen molar-refractivity contribution in [1.82, 2.24) is 15.1 Å². The van der Waals surface area contributed by atoms with E-state index in [0.29, 0.717) is 0 Å². The Morgan fingerprint density at radius 3 is 2.35 bits per heavy atom. The third-order valence-electron chi connectivity index (χ3n) is 4.51. The number of nitrogens with one attached hydrogen (secondary N) is 1. The minimum Gasteiger partial charge on any atom is -0.348 e. The average molecular weight is 336 g/mol. The van der Waals surface area contributed by atoms with Crippen LogP contribution in [0.4, 0.5) is 0 Å². The fraction of sp³-hybridized carbons (Fsp3) is 0.611. The summed E-state index contributed by atoms with van der Waals surface area (Å²) in [4.78, 5) is 18.4. The second-order valence-corrected chi connectivity index (χ2v) is 7.58. The van der Waals surface area contributed by atoms with Crippen molar-refractivity contribution in [2.75, 3.05) is 39.0 Å². The largest absolute Gasteiger partial charge is 0.348 e. The smallest absolute Gasteiger partial charge is 0.237 e. The maximum atomic E-state index is 12.5. The molecule has 1 aromatic carbocycles. The number of hydrogen-bond acceptors (Lipinski definition) is 4. The van der Waals surface area contributed by atoms with Gasteiger partial charge >= 0.3 is 0 Å². The summed E-state index contributed by atoms with van der Waals surface area (Å²) >= 11 is 1.84. The highest BCUT2D eigenvalue weighted by Gasteiger charge is 2.25. The van der Waals surface area contributed by atoms with Gasteiger partial charge in [0, 0.05) is 31.1 Å². The number of hydrogen-bond donors (Lipinski definition) is 1. The van der Waals surface area contributed by atoms with Crippen LogP contribution in [0.2, 0.25) is 0 Å². The summed E-state index contributed by atoms with van der Waals surface area (Å²) in [6, 6.07) is 8.47. The number of thioether (sulfide) groups is 1. The molecule has 0 aromatic heterocycles. The molecule has 0 unspecified atom stereocenters. The predicted molar refractivity (Wildman–Crippen MR) is 97.9 cm³/mol. The van der Waals surface area contributed by atoms with Crippen LogP contribution in [-0.4, -0.2) is 60.7 Å². The lowest BCUT2D eigenvalue weighted by atomic mass is 10.1. The Balaban J connectivity index is 1.88. The third kappa shape index (κ3) is 5.23. The second-order valence-electron chi connectivity index (χ2n) is 6.25. The standard InChI is InChI=1S/C18H29N3OS/c1-5-23-17-8-6-16(7-9-17)14(2)19-18(22)15(3)21-12-10-20(4)11-13-21/h6-9,14-15H,5,10-13H2,1-4H3,(H,19,22)/t14-,15+/m1/s1. The van der Waals surface area contributed by atoms with Crippen LogP contribution in [0.1, 0.15) is 32.4 Å². The monoisotopic (exact) mass is 335 g/mol. The van der Waals surface area contributed by atoms with E-state index in [1.807, 2.05) is 18.7 Å². The van der Waals surface area contributed by atoms with E-state index in [-0.39, 0.29) is 18.0 Å². The first-order valence-corrected chi connectivity index (χ1v) is 9.45. The normalized spacial score (nSPS) is 19.3. The zero-order valence-corrected chi connectivity index (χ0v) is 15.5. The van der Waals surface area contributed by atoms with Crippen molar-refractivity contribution in [3.8, 4) is 0 Å². The highest BCUT2D eigenvalue weighted by molar-refractivity contribution is 7.99. The van der Waals surface area contributed by atoms with Crippen molar-refractivity contribution >= 4 is 17.7 Å². The van der Waals surface area contributed by atoms with Gasteiger partial charge in [-0.3, -0.25) is 9.69 Å². The Labute approximate surface area is 144 Å². The van der Waals surface area contributed by atoms with E-state index in [2.05, 4.69) is 60.3 Å². The van der Waals surface area contributed by atoms with Crippen LogP contribution in [0.5, 0.6) is 0 Å². The van der Waals surface area contributed by atoms with Crippen molar-refractivity contribution < 1.29 is 4.79 Å². The number of benzene rings is 1. The van der Waals surface area contributed by atoms with E-state index in [9.17, 15) is 4.79 Å². The zero-order chi connectivity index (χ0) is 16.8. The highest BCUT2D eigenvalue weighted by Crippen LogP contribution is 2.21. The van der Waals surface area contributed by atoms with Crippen LogP contribution in [-0.2, 0) is 4.79 Å². The Morgan fingerprint density at radius 2 is 1.78 bits per heavy atom. The quantitative estimate of drug-likeness (QED) is 0.811. The summed E-state index contributed by atoms with van der Waals surface area (Å²) in [5.74, 6) is 1.20. The summed E-state index contributed by atoms with van der Waals surface area (Å²) in [6.07, 6.45) is 0. The Hall–Kier alpha value is -1.04. The summed E-state index contributed by atoms with van der Waals surface area (Å²) in [6.45, 7) is 10.2. The van der Waals surface area contributed by atoms with Crippen LogP contribution in [0.3, 0.4) is 0 Å². The van der Waals surface area contributed by atoms with Gasteiger partial charge in [0.15, 0.2) is 0 Å². The molecule has 5 heteroatoms. The first-order chi connectivity index (χ1) is 11.0. The summed E-state index contributed by atoms with van der Waals surface area (Å²) < 4.78 is 0. The van der Waals surface area contributed by atoms with E-state index in [4.69, 9.17) is 0 Å². The SMILES string of the molecule is CCSc1ccc([C@@H](C)NC(=O)[C@H](C)N2CCN(C)CC2)cc1. The summed E-state index contributed by atoms with van der Waals surface area (Å²) in [5.41, 5.74) is 1.16. The molecule has 1 N–H and O–H groups in total. The average Bonchev–Trinajstić information content (AvgIpc) is 2.55. The molecular weight excluding hydrogens is 306 g/mol. The lowest BCUT2D eigenvalue weighted by molar-refractivity contribution is -0.127. The Kier molecular flexibility index (Phi) is 6.93. The topological polar surface area (TPSA) is 35.6 Å². The van der Waals surface area contributed by atoms with Gasteiger partial charge in [0.05, 0.1) is 12.1 Å². The summed E-state index contributed by atoms with van der Waals surface area (Å²) in [5, 5.41) is 3.15. The Morgan fingerprint density at radius 1 is 1.17 bits per heavy atom. The molecule has 0 radical (unpaired) electrons. The molecule has 23 heavy (non-hydrogen) atoms. The molecule has 2 atom stereocenters. The molecular formula is C18H29N3OS. The van der Waals surface area contributed by atoms with Crippen LogP contribution in [0.15, 0.2) is 29.2 Å². The van der Waals surface area contributed by atoms with Gasteiger partial charge in [0.2, 0.25) is 5.91 Å². The lowest BCUT2D eigenvalue weighted by Crippen LogP contribution is -2.53. The molecule has 1 fully saturated rings. The van der Waals surface area contributed by atoms with Crippen molar-refractivity contribution in [1.29, 1.82) is 0 Å². The molecule has 0 saturated carbocycles. The van der Waals surface area contributed by atoms with Gasteiger partial charge in [-0.15, -0.1) is 11.8 Å². The predicted octanol–water partition coefficient (Wildman–Crippen LogP) is 2.61. The van der Waals surface area contributed by atoms with Gasteiger partial charge in [-0.2, -0.15) is 0 Å².